The first-order chi connectivity index (χ1) is 13.7. The third kappa shape index (κ3) is 4.63. The second-order valence-corrected chi connectivity index (χ2v) is 7.09. The SMILES string of the molecule is CC(C)C(=O)N1CCc2nc(N)c(C#N)c(-c3cc(F)ccc3Cl)c2C1.O=CO. The third-order valence-corrected chi connectivity index (χ3v) is 4.82. The molecule has 3 N–H and O–H groups in total. The van der Waals surface area contributed by atoms with E-state index in [0.717, 1.165) is 0 Å². The Bertz CT molecular complexity index is 989. The third-order valence-electron chi connectivity index (χ3n) is 4.49. The summed E-state index contributed by atoms with van der Waals surface area (Å²) in [4.78, 5) is 26.9. The molecule has 2 heterocycles. The molecule has 152 valence electrons. The van der Waals surface area contributed by atoms with Gasteiger partial charge in [0.05, 0.1) is 5.69 Å². The molecule has 7 nitrogen and oxygen atoms in total. The van der Waals surface area contributed by atoms with E-state index < -0.39 is 5.82 Å². The topological polar surface area (TPSA) is 120 Å². The van der Waals surface area contributed by atoms with E-state index in [1.807, 2.05) is 13.8 Å². The number of fused-ring (bicyclic) bond motifs is 1. The minimum absolute atomic E-state index is 0.0160. The number of halogens is 2. The van der Waals surface area contributed by atoms with Gasteiger partial charge in [0.25, 0.3) is 6.47 Å². The Morgan fingerprint density at radius 1 is 1.48 bits per heavy atom. The van der Waals surface area contributed by atoms with Crippen LogP contribution in [-0.2, 0) is 22.6 Å². The number of aromatic nitrogens is 1. The summed E-state index contributed by atoms with van der Waals surface area (Å²) < 4.78 is 13.9. The highest BCUT2D eigenvalue weighted by atomic mass is 35.5. The number of pyridine rings is 1. The highest BCUT2D eigenvalue weighted by Gasteiger charge is 2.29. The van der Waals surface area contributed by atoms with Gasteiger partial charge in [0.2, 0.25) is 5.91 Å². The van der Waals surface area contributed by atoms with Gasteiger partial charge in [-0.25, -0.2) is 9.37 Å². The summed E-state index contributed by atoms with van der Waals surface area (Å²) >= 11 is 6.29. The fraction of sp³-hybridized carbons (Fsp3) is 0.300. The molecule has 1 aliphatic rings. The van der Waals surface area contributed by atoms with Gasteiger partial charge < -0.3 is 15.7 Å². The Labute approximate surface area is 172 Å². The second-order valence-electron chi connectivity index (χ2n) is 6.68. The lowest BCUT2D eigenvalue weighted by Crippen LogP contribution is -2.39. The average Bonchev–Trinajstić information content (AvgIpc) is 2.68. The van der Waals surface area contributed by atoms with Crippen molar-refractivity contribution in [3.05, 3.63) is 45.9 Å². The lowest BCUT2D eigenvalue weighted by Gasteiger charge is -2.31. The highest BCUT2D eigenvalue weighted by Crippen LogP contribution is 2.38. The van der Waals surface area contributed by atoms with Crippen LogP contribution in [0.3, 0.4) is 0 Å². The molecule has 1 aromatic carbocycles. The number of nitrogens with two attached hydrogens (primary N) is 1. The first-order valence-electron chi connectivity index (χ1n) is 8.78. The number of carboxylic acid groups (broad SMARTS) is 1. The van der Waals surface area contributed by atoms with E-state index in [4.69, 9.17) is 27.2 Å². The Morgan fingerprint density at radius 2 is 2.14 bits per heavy atom. The maximum absolute atomic E-state index is 13.9. The number of hydrogen-bond donors (Lipinski definition) is 2. The summed E-state index contributed by atoms with van der Waals surface area (Å²) in [5, 5.41) is 16.8. The van der Waals surface area contributed by atoms with Gasteiger partial charge in [-0.3, -0.25) is 9.59 Å². The lowest BCUT2D eigenvalue weighted by atomic mass is 9.90. The first kappa shape index (κ1) is 22.1. The van der Waals surface area contributed by atoms with Gasteiger partial charge in [-0.05, 0) is 18.2 Å². The quantitative estimate of drug-likeness (QED) is 0.722. The number of anilines is 1. The molecule has 0 atom stereocenters. The first-order valence-corrected chi connectivity index (χ1v) is 9.16. The van der Waals surface area contributed by atoms with Crippen LogP contribution in [0.15, 0.2) is 18.2 Å². The molecule has 29 heavy (non-hydrogen) atoms. The van der Waals surface area contributed by atoms with E-state index in [0.29, 0.717) is 40.4 Å². The minimum Gasteiger partial charge on any atom is -0.483 e. The summed E-state index contributed by atoms with van der Waals surface area (Å²) in [5.41, 5.74) is 8.37. The number of carbonyl (C=O) groups is 2. The molecule has 1 amide bonds. The zero-order chi connectivity index (χ0) is 21.7. The van der Waals surface area contributed by atoms with Crippen LogP contribution in [-0.4, -0.2) is 33.9 Å². The van der Waals surface area contributed by atoms with Crippen LogP contribution in [0.2, 0.25) is 5.02 Å². The Kier molecular flexibility index (Phi) is 7.13. The largest absolute Gasteiger partial charge is 0.483 e. The van der Waals surface area contributed by atoms with Gasteiger partial charge in [-0.2, -0.15) is 5.26 Å². The Hall–Kier alpha value is -3.18. The zero-order valence-electron chi connectivity index (χ0n) is 15.9. The molecule has 1 aromatic heterocycles. The van der Waals surface area contributed by atoms with Crippen LogP contribution in [0.5, 0.6) is 0 Å². The smallest absolute Gasteiger partial charge is 0.290 e. The Balaban J connectivity index is 0.000000941. The number of rotatable bonds is 2. The van der Waals surface area contributed by atoms with Gasteiger partial charge in [-0.15, -0.1) is 0 Å². The number of carbonyl (C=O) groups excluding carboxylic acids is 1. The van der Waals surface area contributed by atoms with Crippen molar-refractivity contribution in [3.63, 3.8) is 0 Å². The molecule has 0 saturated heterocycles. The molecular weight excluding hydrogens is 399 g/mol. The summed E-state index contributed by atoms with van der Waals surface area (Å²) in [6.45, 7) is 4.24. The number of nitriles is 1. The molecule has 1 aliphatic heterocycles. The Morgan fingerprint density at radius 3 is 2.72 bits per heavy atom. The van der Waals surface area contributed by atoms with E-state index in [1.54, 1.807) is 4.90 Å². The zero-order valence-corrected chi connectivity index (χ0v) is 16.7. The highest BCUT2D eigenvalue weighted by molar-refractivity contribution is 6.33. The van der Waals surface area contributed by atoms with Gasteiger partial charge in [0.15, 0.2) is 0 Å². The monoisotopic (exact) mass is 418 g/mol. The molecule has 0 fully saturated rings. The molecule has 0 saturated carbocycles. The molecular formula is C20H20ClFN4O3. The lowest BCUT2D eigenvalue weighted by molar-refractivity contribution is -0.135. The van der Waals surface area contributed by atoms with Gasteiger partial charge in [0.1, 0.15) is 23.3 Å². The van der Waals surface area contributed by atoms with Crippen LogP contribution >= 0.6 is 11.6 Å². The molecule has 0 radical (unpaired) electrons. The van der Waals surface area contributed by atoms with E-state index in [9.17, 15) is 14.4 Å². The van der Waals surface area contributed by atoms with Crippen molar-refractivity contribution >= 4 is 29.8 Å². The summed E-state index contributed by atoms with van der Waals surface area (Å²) in [6.07, 6.45) is 0.517. The summed E-state index contributed by atoms with van der Waals surface area (Å²) in [6, 6.07) is 6.03. The number of nitrogens with zero attached hydrogens (tertiary/aromatic N) is 3. The average molecular weight is 419 g/mol. The van der Waals surface area contributed by atoms with Crippen molar-refractivity contribution in [2.24, 2.45) is 5.92 Å². The summed E-state index contributed by atoms with van der Waals surface area (Å²) in [5.74, 6) is -0.509. The van der Waals surface area contributed by atoms with Gasteiger partial charge in [-0.1, -0.05) is 25.4 Å². The molecule has 0 unspecified atom stereocenters. The van der Waals surface area contributed by atoms with Crippen LogP contribution in [0.4, 0.5) is 10.2 Å². The van der Waals surface area contributed by atoms with Crippen molar-refractivity contribution < 1.29 is 19.1 Å². The fourth-order valence-electron chi connectivity index (χ4n) is 3.23. The molecule has 0 spiro atoms. The molecule has 3 rings (SSSR count). The maximum Gasteiger partial charge on any atom is 0.290 e. The van der Waals surface area contributed by atoms with E-state index in [1.165, 1.54) is 18.2 Å². The van der Waals surface area contributed by atoms with Crippen molar-refractivity contribution in [2.45, 2.75) is 26.8 Å². The molecule has 9 heteroatoms. The normalized spacial score (nSPS) is 12.5. The van der Waals surface area contributed by atoms with Crippen molar-refractivity contribution in [1.29, 1.82) is 5.26 Å². The number of hydrogen-bond acceptors (Lipinski definition) is 5. The van der Waals surface area contributed by atoms with Crippen LogP contribution in [0.1, 0.15) is 30.7 Å². The number of benzene rings is 1. The number of amides is 1. The van der Waals surface area contributed by atoms with Crippen LogP contribution < -0.4 is 5.73 Å². The maximum atomic E-state index is 13.9. The van der Waals surface area contributed by atoms with Crippen LogP contribution in [0, 0.1) is 23.1 Å². The summed E-state index contributed by atoms with van der Waals surface area (Å²) in [7, 11) is 0. The molecule has 0 bridgehead atoms. The van der Waals surface area contributed by atoms with E-state index in [2.05, 4.69) is 11.1 Å². The van der Waals surface area contributed by atoms with Crippen molar-refractivity contribution in [1.82, 2.24) is 9.88 Å². The fourth-order valence-corrected chi connectivity index (χ4v) is 3.44. The van der Waals surface area contributed by atoms with Crippen molar-refractivity contribution in [2.75, 3.05) is 12.3 Å². The van der Waals surface area contributed by atoms with E-state index in [-0.39, 0.29) is 36.2 Å². The predicted molar refractivity (Wildman–Crippen MR) is 106 cm³/mol. The predicted octanol–water partition coefficient (Wildman–Crippen LogP) is 3.24. The van der Waals surface area contributed by atoms with Crippen molar-refractivity contribution in [3.8, 4) is 17.2 Å². The van der Waals surface area contributed by atoms with Gasteiger partial charge in [0, 0.05) is 47.1 Å². The number of nitrogen functional groups attached to an aromatic ring is 1. The van der Waals surface area contributed by atoms with E-state index >= 15 is 0 Å². The second kappa shape index (κ2) is 9.34. The van der Waals surface area contributed by atoms with Crippen LogP contribution in [0.25, 0.3) is 11.1 Å². The molecule has 2 aromatic rings. The standard InChI is InChI=1S/C19H18ClFN4O.CH2O2/c1-10(2)19(26)25-6-5-16-14(9-25)17(13(8-22)18(23)24-16)12-7-11(21)3-4-15(12)20;2-1-3/h3-4,7,10H,5-6,9H2,1-2H3,(H2,23,24);1H,(H,2,3). The minimum atomic E-state index is -0.469. The molecule has 0 aliphatic carbocycles. The van der Waals surface area contributed by atoms with Gasteiger partial charge >= 0.3 is 0 Å².